The molecule has 0 saturated heterocycles. The monoisotopic (exact) mass is 964 g/mol. The van der Waals surface area contributed by atoms with Crippen LogP contribution in [0.2, 0.25) is 0 Å². The molecule has 0 amide bonds. The lowest BCUT2D eigenvalue weighted by atomic mass is 9.62. The van der Waals surface area contributed by atoms with Crippen molar-refractivity contribution in [1.29, 1.82) is 0 Å². The van der Waals surface area contributed by atoms with Gasteiger partial charge in [0.1, 0.15) is 24.7 Å². The minimum atomic E-state index is -0.627. The Bertz CT molecular complexity index is 3650. The molecule has 2 nitrogen and oxygen atoms in total. The Kier molecular flexibility index (Phi) is 12.1. The number of ether oxygens (including phenoxy) is 2. The number of rotatable bonds is 10. The second-order valence-corrected chi connectivity index (χ2v) is 20.2. The fraction of sp³-hybridized carbons (Fsp3) is 0.123. The van der Waals surface area contributed by atoms with Gasteiger partial charge in [-0.2, -0.15) is 0 Å². The molecule has 2 heteroatoms. The molecular formula is C73H56O2. The zero-order valence-corrected chi connectivity index (χ0v) is 42.8. The van der Waals surface area contributed by atoms with Crippen molar-refractivity contribution in [3.8, 4) is 35.2 Å². The van der Waals surface area contributed by atoms with Crippen molar-refractivity contribution in [2.24, 2.45) is 0 Å². The minimum Gasteiger partial charge on any atom is -0.481 e. The maximum absolute atomic E-state index is 5.99. The average molecular weight is 965 g/mol. The van der Waals surface area contributed by atoms with Gasteiger partial charge in [0.15, 0.2) is 0 Å². The lowest BCUT2D eigenvalue weighted by Gasteiger charge is -2.39. The van der Waals surface area contributed by atoms with E-state index in [1.165, 1.54) is 77.9 Å². The van der Waals surface area contributed by atoms with Crippen LogP contribution in [0.25, 0.3) is 45.8 Å². The van der Waals surface area contributed by atoms with Crippen LogP contribution in [0.15, 0.2) is 218 Å². The molecule has 0 fully saturated rings. The first-order valence-corrected chi connectivity index (χ1v) is 25.9. The van der Waals surface area contributed by atoms with Crippen LogP contribution in [0, 0.1) is 23.7 Å². The second kappa shape index (κ2) is 19.4. The third kappa shape index (κ3) is 8.03. The lowest BCUT2D eigenvalue weighted by molar-refractivity contribution is 0.370. The SMILES string of the molecule is CC#CCOc1ccc2cc(C3(c4ccc(C(C)(C)c5ccc(C6(c7ccc8cc(OCC#CC)ccc8c7)c7ccccc7C=Cc7ccccc76)cc5)cc4)c4ccccc4C=Cc4ccccc43)ccc2c1. The fourth-order valence-corrected chi connectivity index (χ4v) is 12.1. The predicted octanol–water partition coefficient (Wildman–Crippen LogP) is 16.9. The molecule has 0 unspecified atom stereocenters. The van der Waals surface area contributed by atoms with E-state index in [0.717, 1.165) is 33.0 Å². The van der Waals surface area contributed by atoms with Gasteiger partial charge in [0.25, 0.3) is 0 Å². The number of fused-ring (bicyclic) bond motifs is 6. The molecule has 0 bridgehead atoms. The van der Waals surface area contributed by atoms with Gasteiger partial charge in [-0.3, -0.25) is 0 Å². The molecule has 12 rings (SSSR count). The Labute approximate surface area is 441 Å². The normalized spacial score (nSPS) is 13.6. The summed E-state index contributed by atoms with van der Waals surface area (Å²) in [5.41, 5.74) is 15.5. The number of hydrogen-bond acceptors (Lipinski definition) is 2. The highest BCUT2D eigenvalue weighted by molar-refractivity contribution is 5.89. The van der Waals surface area contributed by atoms with Crippen LogP contribution in [0.3, 0.4) is 0 Å². The number of benzene rings is 10. The van der Waals surface area contributed by atoms with E-state index < -0.39 is 10.8 Å². The second-order valence-electron chi connectivity index (χ2n) is 20.2. The van der Waals surface area contributed by atoms with Gasteiger partial charge in [-0.05, 0) is 150 Å². The van der Waals surface area contributed by atoms with Crippen molar-refractivity contribution >= 4 is 45.8 Å². The fourth-order valence-electron chi connectivity index (χ4n) is 12.1. The third-order valence-corrected chi connectivity index (χ3v) is 15.9. The van der Waals surface area contributed by atoms with Crippen molar-refractivity contribution < 1.29 is 9.47 Å². The van der Waals surface area contributed by atoms with Crippen LogP contribution in [0.1, 0.15) is 106 Å². The van der Waals surface area contributed by atoms with Crippen molar-refractivity contribution in [3.05, 3.63) is 296 Å². The van der Waals surface area contributed by atoms with E-state index in [9.17, 15) is 0 Å². The third-order valence-electron chi connectivity index (χ3n) is 15.9. The van der Waals surface area contributed by atoms with E-state index in [1.54, 1.807) is 0 Å². The summed E-state index contributed by atoms with van der Waals surface area (Å²) >= 11 is 0. The van der Waals surface area contributed by atoms with Crippen LogP contribution < -0.4 is 9.47 Å². The van der Waals surface area contributed by atoms with E-state index in [2.05, 4.69) is 280 Å². The molecule has 360 valence electrons. The summed E-state index contributed by atoms with van der Waals surface area (Å²) in [6.07, 6.45) is 9.13. The Balaban J connectivity index is 0.973. The van der Waals surface area contributed by atoms with Crippen LogP contribution in [0.5, 0.6) is 11.5 Å². The molecule has 0 saturated carbocycles. The molecule has 10 aromatic carbocycles. The van der Waals surface area contributed by atoms with Crippen molar-refractivity contribution in [2.75, 3.05) is 13.2 Å². The summed E-state index contributed by atoms with van der Waals surface area (Å²) in [7, 11) is 0. The molecule has 0 atom stereocenters. The highest BCUT2D eigenvalue weighted by Crippen LogP contribution is 2.53. The van der Waals surface area contributed by atoms with E-state index in [-0.39, 0.29) is 5.41 Å². The Morgan fingerprint density at radius 2 is 0.653 bits per heavy atom. The maximum Gasteiger partial charge on any atom is 0.149 e. The summed E-state index contributed by atoms with van der Waals surface area (Å²) in [6, 6.07) is 81.2. The topological polar surface area (TPSA) is 18.5 Å². The van der Waals surface area contributed by atoms with Crippen LogP contribution >= 0.6 is 0 Å². The highest BCUT2D eigenvalue weighted by Gasteiger charge is 2.44. The summed E-state index contributed by atoms with van der Waals surface area (Å²) in [4.78, 5) is 0. The van der Waals surface area contributed by atoms with E-state index in [0.29, 0.717) is 13.2 Å². The van der Waals surface area contributed by atoms with Crippen molar-refractivity contribution in [2.45, 2.75) is 43.9 Å². The van der Waals surface area contributed by atoms with Crippen molar-refractivity contribution in [1.82, 2.24) is 0 Å². The molecule has 0 aliphatic heterocycles. The van der Waals surface area contributed by atoms with E-state index in [1.807, 2.05) is 13.8 Å². The molecule has 0 spiro atoms. The first kappa shape index (κ1) is 47.0. The van der Waals surface area contributed by atoms with Gasteiger partial charge in [-0.15, -0.1) is 11.8 Å². The van der Waals surface area contributed by atoms with Crippen LogP contribution in [-0.4, -0.2) is 13.2 Å². The number of hydrogen-bond donors (Lipinski definition) is 0. The van der Waals surface area contributed by atoms with Gasteiger partial charge in [0, 0.05) is 5.41 Å². The highest BCUT2D eigenvalue weighted by atomic mass is 16.5. The van der Waals surface area contributed by atoms with Gasteiger partial charge in [-0.1, -0.05) is 232 Å². The molecule has 2 aliphatic rings. The average Bonchev–Trinajstić information content (AvgIpc) is 3.72. The summed E-state index contributed by atoms with van der Waals surface area (Å²) in [5.74, 6) is 13.5. The summed E-state index contributed by atoms with van der Waals surface area (Å²) < 4.78 is 12.0. The largest absolute Gasteiger partial charge is 0.481 e. The molecule has 10 aromatic rings. The molecule has 0 N–H and O–H groups in total. The quantitative estimate of drug-likeness (QED) is 0.127. The van der Waals surface area contributed by atoms with Crippen LogP contribution in [-0.2, 0) is 16.2 Å². The predicted molar refractivity (Wildman–Crippen MR) is 312 cm³/mol. The van der Waals surface area contributed by atoms with Gasteiger partial charge >= 0.3 is 0 Å². The van der Waals surface area contributed by atoms with Gasteiger partial charge in [-0.25, -0.2) is 0 Å². The zero-order chi connectivity index (χ0) is 51.0. The summed E-state index contributed by atoms with van der Waals surface area (Å²) in [6.45, 7) is 9.12. The molecule has 0 radical (unpaired) electrons. The van der Waals surface area contributed by atoms with E-state index >= 15 is 0 Å². The minimum absolute atomic E-state index is 0.337. The molecule has 0 heterocycles. The lowest BCUT2D eigenvalue weighted by Crippen LogP contribution is -2.33. The smallest absolute Gasteiger partial charge is 0.149 e. The van der Waals surface area contributed by atoms with Gasteiger partial charge in [0.2, 0.25) is 0 Å². The van der Waals surface area contributed by atoms with Gasteiger partial charge in [0.05, 0.1) is 10.8 Å². The molecule has 75 heavy (non-hydrogen) atoms. The van der Waals surface area contributed by atoms with Crippen molar-refractivity contribution in [3.63, 3.8) is 0 Å². The molecular weight excluding hydrogens is 909 g/mol. The molecule has 2 aliphatic carbocycles. The standard InChI is InChI=1S/C73H56O2/c1-5-7-45-74-65-43-31-55-47-63(33-29-57(55)49-65)72(67-21-13-9-17-51(67)25-26-52-18-10-14-22-68(52)72)61-39-35-59(36-40-61)71(3,4)60-37-41-62(42-38-60)73(64-34-30-58-50-66(75-46-8-6-2)44-32-56(58)48-64)69-23-15-11-19-53(69)27-28-54-20-12-16-24-70(54)73/h9-44,47-50H,45-46H2,1-4H3. The first-order valence-electron chi connectivity index (χ1n) is 25.9. The molecule has 0 aromatic heterocycles. The Morgan fingerprint density at radius 3 is 1.00 bits per heavy atom. The Hall–Kier alpha value is -9.08. The van der Waals surface area contributed by atoms with Gasteiger partial charge < -0.3 is 9.47 Å². The Morgan fingerprint density at radius 1 is 0.347 bits per heavy atom. The first-order chi connectivity index (χ1) is 36.8. The van der Waals surface area contributed by atoms with E-state index in [4.69, 9.17) is 9.47 Å². The summed E-state index contributed by atoms with van der Waals surface area (Å²) in [5, 5.41) is 4.56. The van der Waals surface area contributed by atoms with Crippen LogP contribution in [0.4, 0.5) is 0 Å². The maximum atomic E-state index is 5.99. The zero-order valence-electron chi connectivity index (χ0n) is 42.8.